The number of rotatable bonds is 7. The molecule has 1 fully saturated rings. The molecule has 5 heteroatoms. The molecule has 1 N–H and O–H groups in total. The predicted molar refractivity (Wildman–Crippen MR) is 66.6 cm³/mol. The number of piperazine rings is 1. The topological polar surface area (TPSA) is 52.6 Å². The predicted octanol–water partition coefficient (Wildman–Crippen LogP) is 0.0668. The Hall–Kier alpha value is -1.10. The summed E-state index contributed by atoms with van der Waals surface area (Å²) in [7, 11) is 0. The summed E-state index contributed by atoms with van der Waals surface area (Å²) in [4.78, 5) is 26.8. The Morgan fingerprint density at radius 1 is 0.941 bits per heavy atom. The van der Waals surface area contributed by atoms with E-state index in [1.54, 1.807) is 9.80 Å². The van der Waals surface area contributed by atoms with Crippen molar-refractivity contribution >= 4 is 11.8 Å². The van der Waals surface area contributed by atoms with E-state index in [1.807, 2.05) is 6.92 Å². The summed E-state index contributed by atoms with van der Waals surface area (Å²) in [5, 5.41) is 3.24. The van der Waals surface area contributed by atoms with Gasteiger partial charge in [0.1, 0.15) is 0 Å². The molecule has 1 heterocycles. The van der Waals surface area contributed by atoms with Gasteiger partial charge in [0.25, 0.3) is 0 Å². The van der Waals surface area contributed by atoms with Gasteiger partial charge in [0.2, 0.25) is 0 Å². The van der Waals surface area contributed by atoms with E-state index < -0.39 is 0 Å². The van der Waals surface area contributed by atoms with Crippen LogP contribution in [-0.2, 0) is 9.59 Å². The highest BCUT2D eigenvalue weighted by atomic mass is 16.2. The molecule has 1 aliphatic heterocycles. The van der Waals surface area contributed by atoms with E-state index in [9.17, 15) is 9.59 Å². The summed E-state index contributed by atoms with van der Waals surface area (Å²) < 4.78 is 0. The molecule has 0 bridgehead atoms. The lowest BCUT2D eigenvalue weighted by Gasteiger charge is -2.33. The highest BCUT2D eigenvalue weighted by Gasteiger charge is 2.31. The number of nitrogens with zero attached hydrogens (tertiary/aromatic N) is 2. The van der Waals surface area contributed by atoms with Crippen molar-refractivity contribution in [2.75, 3.05) is 39.3 Å². The van der Waals surface area contributed by atoms with Crippen molar-refractivity contribution < 1.29 is 9.59 Å². The lowest BCUT2D eigenvalue weighted by atomic mass is 10.2. The van der Waals surface area contributed by atoms with Gasteiger partial charge < -0.3 is 15.1 Å². The first-order valence-corrected chi connectivity index (χ1v) is 6.49. The number of nitrogens with one attached hydrogen (secondary N) is 1. The third-order valence-electron chi connectivity index (χ3n) is 2.88. The van der Waals surface area contributed by atoms with Crippen LogP contribution in [0.1, 0.15) is 26.7 Å². The average Bonchev–Trinajstić information content (AvgIpc) is 2.33. The van der Waals surface area contributed by atoms with Crippen LogP contribution in [0.4, 0.5) is 0 Å². The summed E-state index contributed by atoms with van der Waals surface area (Å²) >= 11 is 0. The molecule has 0 saturated carbocycles. The van der Waals surface area contributed by atoms with Crippen molar-refractivity contribution in [1.82, 2.24) is 15.1 Å². The van der Waals surface area contributed by atoms with Crippen LogP contribution >= 0.6 is 0 Å². The van der Waals surface area contributed by atoms with Crippen LogP contribution in [0.25, 0.3) is 0 Å². The second-order valence-corrected chi connectivity index (χ2v) is 4.33. The monoisotopic (exact) mass is 241 g/mol. The summed E-state index contributed by atoms with van der Waals surface area (Å²) in [6.45, 7) is 8.49. The summed E-state index contributed by atoms with van der Waals surface area (Å²) in [5.74, 6) is -0.684. The van der Waals surface area contributed by atoms with Crippen LogP contribution in [0.15, 0.2) is 0 Å². The van der Waals surface area contributed by atoms with Crippen molar-refractivity contribution in [1.29, 1.82) is 0 Å². The number of carbonyl (C=O) groups excluding carboxylic acids is 2. The van der Waals surface area contributed by atoms with E-state index in [4.69, 9.17) is 0 Å². The molecular weight excluding hydrogens is 218 g/mol. The zero-order chi connectivity index (χ0) is 12.7. The first-order chi connectivity index (χ1) is 8.20. The molecule has 0 spiro atoms. The van der Waals surface area contributed by atoms with Gasteiger partial charge >= 0.3 is 11.8 Å². The Kier molecular flexibility index (Phi) is 5.97. The molecule has 0 atom stereocenters. The number of hydrogen-bond acceptors (Lipinski definition) is 3. The van der Waals surface area contributed by atoms with Crippen molar-refractivity contribution in [3.63, 3.8) is 0 Å². The molecule has 98 valence electrons. The molecule has 1 rings (SSSR count). The van der Waals surface area contributed by atoms with Gasteiger partial charge in [-0.1, -0.05) is 13.8 Å². The molecule has 17 heavy (non-hydrogen) atoms. The van der Waals surface area contributed by atoms with E-state index >= 15 is 0 Å². The quantitative estimate of drug-likeness (QED) is 0.507. The van der Waals surface area contributed by atoms with Gasteiger partial charge in [-0.2, -0.15) is 0 Å². The third-order valence-corrected chi connectivity index (χ3v) is 2.88. The maximum atomic E-state index is 11.8. The minimum absolute atomic E-state index is 0.339. The first kappa shape index (κ1) is 14.0. The SMILES string of the molecule is CCCNCCN1CCN(CCC)C(=O)C1=O. The van der Waals surface area contributed by atoms with E-state index in [0.717, 1.165) is 25.9 Å². The molecule has 0 aromatic carbocycles. The van der Waals surface area contributed by atoms with Crippen molar-refractivity contribution in [3.8, 4) is 0 Å². The average molecular weight is 241 g/mol. The van der Waals surface area contributed by atoms with E-state index in [-0.39, 0.29) is 11.8 Å². The van der Waals surface area contributed by atoms with Gasteiger partial charge in [-0.3, -0.25) is 9.59 Å². The van der Waals surface area contributed by atoms with Crippen LogP contribution in [0.3, 0.4) is 0 Å². The van der Waals surface area contributed by atoms with Crippen LogP contribution in [0, 0.1) is 0 Å². The van der Waals surface area contributed by atoms with Crippen LogP contribution < -0.4 is 5.32 Å². The fourth-order valence-electron chi connectivity index (χ4n) is 1.93. The van der Waals surface area contributed by atoms with Crippen molar-refractivity contribution in [2.24, 2.45) is 0 Å². The van der Waals surface area contributed by atoms with Gasteiger partial charge in [-0.15, -0.1) is 0 Å². The molecule has 0 aromatic heterocycles. The Bertz CT molecular complexity index is 266. The van der Waals surface area contributed by atoms with Crippen molar-refractivity contribution in [2.45, 2.75) is 26.7 Å². The zero-order valence-electron chi connectivity index (χ0n) is 10.9. The highest BCUT2D eigenvalue weighted by Crippen LogP contribution is 2.05. The third kappa shape index (κ3) is 4.00. The van der Waals surface area contributed by atoms with E-state index in [2.05, 4.69) is 12.2 Å². The largest absolute Gasteiger partial charge is 0.333 e. The highest BCUT2D eigenvalue weighted by molar-refractivity contribution is 6.35. The molecule has 2 amide bonds. The van der Waals surface area contributed by atoms with Gasteiger partial charge in [-0.25, -0.2) is 0 Å². The zero-order valence-corrected chi connectivity index (χ0v) is 10.9. The molecule has 0 aromatic rings. The maximum absolute atomic E-state index is 11.8. The number of hydrogen-bond donors (Lipinski definition) is 1. The fraction of sp³-hybridized carbons (Fsp3) is 0.833. The van der Waals surface area contributed by atoms with Gasteiger partial charge in [0.05, 0.1) is 0 Å². The minimum Gasteiger partial charge on any atom is -0.333 e. The molecule has 1 aliphatic rings. The van der Waals surface area contributed by atoms with Crippen LogP contribution in [0.2, 0.25) is 0 Å². The second-order valence-electron chi connectivity index (χ2n) is 4.33. The van der Waals surface area contributed by atoms with Crippen LogP contribution in [-0.4, -0.2) is 60.9 Å². The molecule has 0 aliphatic carbocycles. The lowest BCUT2D eigenvalue weighted by molar-refractivity contribution is -0.155. The molecule has 5 nitrogen and oxygen atoms in total. The van der Waals surface area contributed by atoms with E-state index in [1.165, 1.54) is 0 Å². The Morgan fingerprint density at radius 2 is 1.53 bits per heavy atom. The summed E-state index contributed by atoms with van der Waals surface area (Å²) in [5.41, 5.74) is 0. The Labute approximate surface area is 103 Å². The molecular formula is C12H23N3O2. The van der Waals surface area contributed by atoms with Gasteiger partial charge in [0, 0.05) is 32.7 Å². The maximum Gasteiger partial charge on any atom is 0.312 e. The van der Waals surface area contributed by atoms with Gasteiger partial charge in [-0.05, 0) is 19.4 Å². The molecule has 0 unspecified atom stereocenters. The molecule has 0 radical (unpaired) electrons. The minimum atomic E-state index is -0.344. The van der Waals surface area contributed by atoms with Crippen LogP contribution in [0.5, 0.6) is 0 Å². The number of amides is 2. The standard InChI is InChI=1S/C12H23N3O2/c1-3-5-13-6-8-15-10-9-14(7-4-2)11(16)12(15)17/h13H,3-10H2,1-2H3. The summed E-state index contributed by atoms with van der Waals surface area (Å²) in [6, 6.07) is 0. The normalized spacial score (nSPS) is 16.8. The fourth-order valence-corrected chi connectivity index (χ4v) is 1.93. The Balaban J connectivity index is 2.35. The van der Waals surface area contributed by atoms with Crippen molar-refractivity contribution in [3.05, 3.63) is 0 Å². The lowest BCUT2D eigenvalue weighted by Crippen LogP contribution is -2.55. The first-order valence-electron chi connectivity index (χ1n) is 6.49. The summed E-state index contributed by atoms with van der Waals surface area (Å²) in [6.07, 6.45) is 1.98. The molecule has 1 saturated heterocycles. The Morgan fingerprint density at radius 3 is 2.06 bits per heavy atom. The smallest absolute Gasteiger partial charge is 0.312 e. The van der Waals surface area contributed by atoms with E-state index in [0.29, 0.717) is 26.2 Å². The van der Waals surface area contributed by atoms with Gasteiger partial charge in [0.15, 0.2) is 0 Å². The number of carbonyl (C=O) groups is 2. The second kappa shape index (κ2) is 7.27.